The molecular formula is C20H17N3O7. The number of carbonyl (C=O) groups excluding carboxylic acids is 2. The van der Waals surface area contributed by atoms with Crippen LogP contribution in [0.2, 0.25) is 0 Å². The number of nitrogens with one attached hydrogen (secondary N) is 1. The summed E-state index contributed by atoms with van der Waals surface area (Å²) < 4.78 is 15.4. The maximum absolute atomic E-state index is 12.2. The van der Waals surface area contributed by atoms with Crippen molar-refractivity contribution in [3.63, 3.8) is 0 Å². The third kappa shape index (κ3) is 4.27. The number of nitro benzene ring substituents is 1. The summed E-state index contributed by atoms with van der Waals surface area (Å²) in [5.74, 6) is -0.472. The molecule has 10 heteroatoms. The van der Waals surface area contributed by atoms with Gasteiger partial charge in [-0.1, -0.05) is 0 Å². The van der Waals surface area contributed by atoms with Crippen molar-refractivity contribution in [1.82, 2.24) is 0 Å². The first kappa shape index (κ1) is 20.5. The lowest BCUT2D eigenvalue weighted by Gasteiger charge is -2.08. The predicted octanol–water partition coefficient (Wildman–Crippen LogP) is 2.91. The highest BCUT2D eigenvalue weighted by atomic mass is 16.6. The van der Waals surface area contributed by atoms with Gasteiger partial charge in [-0.2, -0.15) is 0 Å². The van der Waals surface area contributed by atoms with Crippen molar-refractivity contribution in [2.75, 3.05) is 19.5 Å². The van der Waals surface area contributed by atoms with Crippen LogP contribution in [-0.2, 0) is 14.3 Å². The topological polar surface area (TPSA) is 129 Å². The number of esters is 1. The summed E-state index contributed by atoms with van der Waals surface area (Å²) in [7, 11) is 2.76. The first-order valence-corrected chi connectivity index (χ1v) is 8.63. The van der Waals surface area contributed by atoms with Gasteiger partial charge in [0, 0.05) is 18.2 Å². The molecule has 10 nitrogen and oxygen atoms in total. The SMILES string of the molecule is COc1cc(/C=C2/N=C(c3ccc(NC(C)=O)cc3)OC2=O)c([N+](=O)[O-])cc1OC. The molecule has 0 saturated heterocycles. The normalized spacial score (nSPS) is 14.2. The first-order valence-electron chi connectivity index (χ1n) is 8.63. The Kier molecular flexibility index (Phi) is 5.77. The third-order valence-electron chi connectivity index (χ3n) is 4.09. The lowest BCUT2D eigenvalue weighted by molar-refractivity contribution is -0.385. The van der Waals surface area contributed by atoms with E-state index in [-0.39, 0.29) is 40.3 Å². The Hall–Kier alpha value is -4.21. The van der Waals surface area contributed by atoms with E-state index in [0.29, 0.717) is 11.3 Å². The molecule has 1 amide bonds. The maximum Gasteiger partial charge on any atom is 0.363 e. The fraction of sp³-hybridized carbons (Fsp3) is 0.150. The van der Waals surface area contributed by atoms with Crippen LogP contribution in [-0.4, -0.2) is 36.9 Å². The van der Waals surface area contributed by atoms with Gasteiger partial charge >= 0.3 is 5.97 Å². The molecule has 0 bridgehead atoms. The lowest BCUT2D eigenvalue weighted by Crippen LogP contribution is -2.07. The van der Waals surface area contributed by atoms with Crippen molar-refractivity contribution in [1.29, 1.82) is 0 Å². The van der Waals surface area contributed by atoms with Gasteiger partial charge in [0.15, 0.2) is 17.2 Å². The number of hydrogen-bond acceptors (Lipinski definition) is 8. The van der Waals surface area contributed by atoms with Gasteiger partial charge in [0.25, 0.3) is 5.69 Å². The molecule has 0 unspecified atom stereocenters. The summed E-state index contributed by atoms with van der Waals surface area (Å²) in [5.41, 5.74) is 0.800. The number of amides is 1. The van der Waals surface area contributed by atoms with E-state index in [4.69, 9.17) is 14.2 Å². The third-order valence-corrected chi connectivity index (χ3v) is 4.09. The smallest absolute Gasteiger partial charge is 0.363 e. The number of aliphatic imine (C=N–C) groups is 1. The summed E-state index contributed by atoms with van der Waals surface area (Å²) in [6.07, 6.45) is 1.25. The Morgan fingerprint density at radius 3 is 2.37 bits per heavy atom. The molecule has 1 aliphatic rings. The molecule has 30 heavy (non-hydrogen) atoms. The quantitative estimate of drug-likeness (QED) is 0.335. The van der Waals surface area contributed by atoms with E-state index in [0.717, 1.165) is 0 Å². The summed E-state index contributed by atoms with van der Waals surface area (Å²) in [5, 5.41) is 14.1. The largest absolute Gasteiger partial charge is 0.493 e. The summed E-state index contributed by atoms with van der Waals surface area (Å²) in [4.78, 5) is 38.3. The van der Waals surface area contributed by atoms with E-state index < -0.39 is 10.9 Å². The van der Waals surface area contributed by atoms with Gasteiger partial charge in [0.05, 0.1) is 30.8 Å². The zero-order chi connectivity index (χ0) is 21.8. The molecule has 0 aromatic heterocycles. The average Bonchev–Trinajstić information content (AvgIpc) is 3.07. The number of ether oxygens (including phenoxy) is 3. The Labute approximate surface area is 170 Å². The highest BCUT2D eigenvalue weighted by Crippen LogP contribution is 2.36. The van der Waals surface area contributed by atoms with E-state index in [2.05, 4.69) is 10.3 Å². The highest BCUT2D eigenvalue weighted by molar-refractivity contribution is 6.13. The molecule has 1 heterocycles. The Morgan fingerprint density at radius 2 is 1.80 bits per heavy atom. The number of rotatable bonds is 6. The van der Waals surface area contributed by atoms with E-state index in [9.17, 15) is 19.7 Å². The molecule has 0 spiro atoms. The number of cyclic esters (lactones) is 1. The molecular weight excluding hydrogens is 394 g/mol. The van der Waals surface area contributed by atoms with Gasteiger partial charge in [0.2, 0.25) is 11.8 Å². The lowest BCUT2D eigenvalue weighted by atomic mass is 10.1. The van der Waals surface area contributed by atoms with Crippen molar-refractivity contribution in [3.8, 4) is 11.5 Å². The second-order valence-corrected chi connectivity index (χ2v) is 6.12. The van der Waals surface area contributed by atoms with Crippen molar-refractivity contribution >= 4 is 35.2 Å². The number of hydrogen-bond donors (Lipinski definition) is 1. The minimum absolute atomic E-state index is 0.0451. The van der Waals surface area contributed by atoms with Crippen LogP contribution in [0.1, 0.15) is 18.1 Å². The van der Waals surface area contributed by atoms with Crippen molar-refractivity contribution in [3.05, 3.63) is 63.3 Å². The second kappa shape index (κ2) is 8.43. The summed E-state index contributed by atoms with van der Waals surface area (Å²) >= 11 is 0. The Balaban J connectivity index is 1.98. The van der Waals surface area contributed by atoms with Crippen LogP contribution in [0.3, 0.4) is 0 Å². The van der Waals surface area contributed by atoms with Crippen molar-refractivity contribution in [2.45, 2.75) is 6.92 Å². The molecule has 1 aliphatic heterocycles. The molecule has 0 atom stereocenters. The molecule has 0 aliphatic carbocycles. The second-order valence-electron chi connectivity index (χ2n) is 6.12. The molecule has 2 aromatic rings. The molecule has 2 aromatic carbocycles. The van der Waals surface area contributed by atoms with E-state index >= 15 is 0 Å². The van der Waals surface area contributed by atoms with Crippen LogP contribution in [0.25, 0.3) is 6.08 Å². The van der Waals surface area contributed by atoms with Crippen molar-refractivity contribution < 1.29 is 28.7 Å². The maximum atomic E-state index is 12.2. The standard InChI is InChI=1S/C20H17N3O7/c1-11(24)21-14-6-4-12(5-7-14)19-22-15(20(25)30-19)8-13-9-17(28-2)18(29-3)10-16(13)23(26)27/h4-10H,1-3H3,(H,21,24)/b15-8+. The summed E-state index contributed by atoms with van der Waals surface area (Å²) in [6.45, 7) is 1.39. The predicted molar refractivity (Wildman–Crippen MR) is 108 cm³/mol. The Morgan fingerprint density at radius 1 is 1.17 bits per heavy atom. The number of nitro groups is 1. The number of benzene rings is 2. The molecule has 1 N–H and O–H groups in total. The van der Waals surface area contributed by atoms with Gasteiger partial charge in [-0.25, -0.2) is 9.79 Å². The molecule has 0 radical (unpaired) electrons. The van der Waals surface area contributed by atoms with E-state index in [1.165, 1.54) is 39.4 Å². The van der Waals surface area contributed by atoms with Gasteiger partial charge in [0.1, 0.15) is 0 Å². The van der Waals surface area contributed by atoms with E-state index in [1.807, 2.05) is 0 Å². The van der Waals surface area contributed by atoms with Crippen LogP contribution in [0.15, 0.2) is 47.1 Å². The van der Waals surface area contributed by atoms with Crippen LogP contribution >= 0.6 is 0 Å². The van der Waals surface area contributed by atoms with Crippen LogP contribution in [0.5, 0.6) is 11.5 Å². The van der Waals surface area contributed by atoms with Gasteiger partial charge < -0.3 is 19.5 Å². The van der Waals surface area contributed by atoms with Crippen molar-refractivity contribution in [2.24, 2.45) is 4.99 Å². The van der Waals surface area contributed by atoms with Crippen LogP contribution in [0.4, 0.5) is 11.4 Å². The molecule has 3 rings (SSSR count). The fourth-order valence-corrected chi connectivity index (χ4v) is 2.74. The number of carbonyl (C=O) groups is 2. The number of anilines is 1. The zero-order valence-corrected chi connectivity index (χ0v) is 16.3. The van der Waals surface area contributed by atoms with Gasteiger partial charge in [-0.15, -0.1) is 0 Å². The molecule has 0 fully saturated rings. The van der Waals surface area contributed by atoms with Crippen LogP contribution < -0.4 is 14.8 Å². The van der Waals surface area contributed by atoms with Gasteiger partial charge in [-0.3, -0.25) is 14.9 Å². The fourth-order valence-electron chi connectivity index (χ4n) is 2.74. The number of methoxy groups -OCH3 is 2. The van der Waals surface area contributed by atoms with Gasteiger partial charge in [-0.05, 0) is 36.4 Å². The molecule has 154 valence electrons. The average molecular weight is 411 g/mol. The minimum atomic E-state index is -0.750. The first-order chi connectivity index (χ1) is 14.3. The Bertz CT molecular complexity index is 1090. The molecule has 0 saturated carbocycles. The zero-order valence-electron chi connectivity index (χ0n) is 16.3. The van der Waals surface area contributed by atoms with Crippen LogP contribution in [0, 0.1) is 10.1 Å². The number of nitrogens with zero attached hydrogens (tertiary/aromatic N) is 2. The summed E-state index contributed by atoms with van der Waals surface area (Å²) in [6, 6.07) is 9.10. The minimum Gasteiger partial charge on any atom is -0.493 e. The highest BCUT2D eigenvalue weighted by Gasteiger charge is 2.26. The van der Waals surface area contributed by atoms with E-state index in [1.54, 1.807) is 24.3 Å². The monoisotopic (exact) mass is 411 g/mol.